The monoisotopic (exact) mass is 982 g/mol. The van der Waals surface area contributed by atoms with Gasteiger partial charge >= 0.3 is 0 Å². The number of nitrogens with one attached hydrogen (secondary N) is 4. The second kappa shape index (κ2) is 19.4. The molecule has 72 heavy (non-hydrogen) atoms. The Morgan fingerprint density at radius 1 is 0.875 bits per heavy atom. The van der Waals surface area contributed by atoms with Crippen LogP contribution in [0.15, 0.2) is 79.1 Å². The summed E-state index contributed by atoms with van der Waals surface area (Å²) >= 11 is 0. The third kappa shape index (κ3) is 9.26. The number of nitrogens with zero attached hydrogens (tertiary/aromatic N) is 6. The number of piperazine rings is 1. The zero-order chi connectivity index (χ0) is 49.7. The lowest BCUT2D eigenvalue weighted by Gasteiger charge is -2.57. The number of amides is 5. The summed E-state index contributed by atoms with van der Waals surface area (Å²) < 4.78 is 42.0. The van der Waals surface area contributed by atoms with Crippen LogP contribution in [0.5, 0.6) is 17.2 Å². The highest BCUT2D eigenvalue weighted by Crippen LogP contribution is 2.48. The van der Waals surface area contributed by atoms with E-state index in [1.54, 1.807) is 42.6 Å². The number of carbonyl (C=O) groups excluding carboxylic acids is 5. The van der Waals surface area contributed by atoms with Crippen LogP contribution in [0.3, 0.4) is 0 Å². The predicted molar refractivity (Wildman–Crippen MR) is 264 cm³/mol. The fourth-order valence-electron chi connectivity index (χ4n) is 11.1. The van der Waals surface area contributed by atoms with Crippen LogP contribution >= 0.6 is 0 Å². The van der Waals surface area contributed by atoms with Crippen LogP contribution in [-0.2, 0) is 25.7 Å². The number of rotatable bonds is 16. The number of aromatic nitrogens is 2. The van der Waals surface area contributed by atoms with Crippen molar-refractivity contribution in [1.82, 2.24) is 30.0 Å². The molecule has 5 saturated heterocycles. The van der Waals surface area contributed by atoms with Crippen LogP contribution in [0.25, 0.3) is 10.9 Å². The van der Waals surface area contributed by atoms with Gasteiger partial charge < -0.3 is 40.1 Å². The second-order valence-electron chi connectivity index (χ2n) is 19.9. The van der Waals surface area contributed by atoms with Crippen LogP contribution in [-0.4, -0.2) is 125 Å². The Bertz CT molecular complexity index is 2940. The van der Waals surface area contributed by atoms with Crippen molar-refractivity contribution in [3.63, 3.8) is 0 Å². The largest absolute Gasteiger partial charge is 0.494 e. The highest BCUT2D eigenvalue weighted by atomic mass is 19.1. The van der Waals surface area contributed by atoms with E-state index in [1.807, 2.05) is 6.07 Å². The Kier molecular flexibility index (Phi) is 12.7. The minimum atomic E-state index is -1.20. The Hall–Kier alpha value is -7.25. The summed E-state index contributed by atoms with van der Waals surface area (Å²) in [6.07, 6.45) is 8.47. The van der Waals surface area contributed by atoms with Gasteiger partial charge in [0.25, 0.3) is 5.91 Å². The molecule has 12 rings (SSSR count). The number of piperidine rings is 3. The van der Waals surface area contributed by atoms with Crippen molar-refractivity contribution in [1.29, 1.82) is 0 Å². The molecule has 2 aromatic heterocycles. The van der Waals surface area contributed by atoms with Crippen molar-refractivity contribution >= 4 is 63.3 Å². The van der Waals surface area contributed by atoms with Gasteiger partial charge in [0.1, 0.15) is 51.5 Å². The lowest BCUT2D eigenvalue weighted by atomic mass is 9.84. The summed E-state index contributed by atoms with van der Waals surface area (Å²) in [4.78, 5) is 81.1. The van der Waals surface area contributed by atoms with E-state index in [-0.39, 0.29) is 23.8 Å². The van der Waals surface area contributed by atoms with Crippen molar-refractivity contribution in [3.8, 4) is 17.2 Å². The molecule has 5 amide bonds. The molecule has 3 aromatic carbocycles. The summed E-state index contributed by atoms with van der Waals surface area (Å²) in [5, 5.41) is 11.8. The van der Waals surface area contributed by atoms with Gasteiger partial charge in [0, 0.05) is 93.5 Å². The zero-order valence-electron chi connectivity index (χ0n) is 39.9. The van der Waals surface area contributed by atoms with Gasteiger partial charge in [-0.2, -0.15) is 0 Å². The number of ether oxygens (including phenoxy) is 2. The molecule has 7 aliphatic rings. The van der Waals surface area contributed by atoms with Crippen LogP contribution < -0.4 is 35.6 Å². The summed E-state index contributed by atoms with van der Waals surface area (Å²) in [6.45, 7) is 6.53. The minimum absolute atomic E-state index is 0.175. The first-order valence-electron chi connectivity index (χ1n) is 24.8. The molecule has 4 N–H and O–H groups in total. The van der Waals surface area contributed by atoms with Gasteiger partial charge in [-0.15, -0.1) is 0 Å². The van der Waals surface area contributed by atoms with E-state index < -0.39 is 40.8 Å². The number of anilines is 4. The maximum Gasteiger partial charge on any atom is 0.256 e. The second-order valence-corrected chi connectivity index (χ2v) is 19.9. The van der Waals surface area contributed by atoms with Gasteiger partial charge in [0.15, 0.2) is 5.82 Å². The molecule has 0 radical (unpaired) electrons. The summed E-state index contributed by atoms with van der Waals surface area (Å²) in [5.74, 6) is -0.276. The summed E-state index contributed by atoms with van der Waals surface area (Å²) in [6, 6.07) is 17.8. The fourth-order valence-corrected chi connectivity index (χ4v) is 11.1. The SMILES string of the molecule is COc1cc2c(Oc3ccc(NC(=O)C4(C(=O)Nc5ccc(F)cc5)CC4)cc3)ccnc2c(F)c1N1CCC(CN2C3CC2CN(CCCNc2cc4c(cn2)C(=O)N(C2CCC(=O)NC2=O)C4)C3)CC1. The van der Waals surface area contributed by atoms with E-state index in [1.165, 1.54) is 48.9 Å². The maximum absolute atomic E-state index is 16.6. The highest BCUT2D eigenvalue weighted by molar-refractivity contribution is 6.17. The molecule has 374 valence electrons. The Balaban J connectivity index is 0.638. The smallest absolute Gasteiger partial charge is 0.256 e. The average molecular weight is 983 g/mol. The molecule has 6 aliphatic heterocycles. The maximum atomic E-state index is 16.6. The number of fused-ring (bicyclic) bond motifs is 4. The van der Waals surface area contributed by atoms with Crippen molar-refractivity contribution in [2.45, 2.75) is 76.0 Å². The van der Waals surface area contributed by atoms with Gasteiger partial charge in [-0.25, -0.2) is 13.8 Å². The van der Waals surface area contributed by atoms with Crippen molar-refractivity contribution in [3.05, 3.63) is 102 Å². The first-order chi connectivity index (χ1) is 34.9. The number of benzene rings is 3. The standard InChI is InChI=1S/C53H56F2N10O7/c1-71-43-25-39-42(72-38-9-7-35(8-10-38)60-52(70)53(16-17-53)51(69)59-34-5-3-33(54)4-6-34)13-19-57-47(39)46(55)48(43)63-21-14-31(15-22-63)27-64-36-24-37(64)30-62(29-36)20-2-18-56-44-23-32-28-65(50(68)40(32)26-58-44)41-11-12-45(66)61-49(41)67/h3-10,13,19,23,25-26,31,36-37,41H,2,11-12,14-18,20-22,24,27-30H2,1H3,(H,56,58)(H,59,69)(H,60,70)(H,61,66,67). The van der Waals surface area contributed by atoms with Gasteiger partial charge in [0.05, 0.1) is 12.7 Å². The molecule has 19 heteroatoms. The first-order valence-corrected chi connectivity index (χ1v) is 24.8. The molecule has 5 aromatic rings. The molecular weight excluding hydrogens is 927 g/mol. The van der Waals surface area contributed by atoms with E-state index in [0.29, 0.717) is 108 Å². The quantitative estimate of drug-likeness (QED) is 0.0490. The van der Waals surface area contributed by atoms with E-state index >= 15 is 4.39 Å². The predicted octanol–water partition coefficient (Wildman–Crippen LogP) is 6.30. The number of hydrogen-bond acceptors (Lipinski definition) is 13. The van der Waals surface area contributed by atoms with Crippen LogP contribution in [0.2, 0.25) is 0 Å². The molecule has 1 saturated carbocycles. The first kappa shape index (κ1) is 47.1. The molecule has 3 unspecified atom stereocenters. The topological polar surface area (TPSA) is 191 Å². The van der Waals surface area contributed by atoms with Crippen LogP contribution in [0.4, 0.5) is 31.7 Å². The third-order valence-corrected chi connectivity index (χ3v) is 15.3. The lowest BCUT2D eigenvalue weighted by molar-refractivity contribution is -0.137. The molecule has 17 nitrogen and oxygen atoms in total. The molecular formula is C53H56F2N10O7. The Labute approximate surface area is 414 Å². The highest BCUT2D eigenvalue weighted by Gasteiger charge is 2.56. The van der Waals surface area contributed by atoms with Gasteiger partial charge in [-0.1, -0.05) is 0 Å². The minimum Gasteiger partial charge on any atom is -0.494 e. The lowest BCUT2D eigenvalue weighted by Crippen LogP contribution is -2.69. The number of imide groups is 1. The molecule has 6 fully saturated rings. The molecule has 8 heterocycles. The number of pyridine rings is 2. The number of hydrogen-bond donors (Lipinski definition) is 4. The van der Waals surface area contributed by atoms with Crippen LogP contribution in [0.1, 0.15) is 67.3 Å². The Morgan fingerprint density at radius 3 is 2.26 bits per heavy atom. The third-order valence-electron chi connectivity index (χ3n) is 15.3. The summed E-state index contributed by atoms with van der Waals surface area (Å²) in [7, 11) is 1.54. The summed E-state index contributed by atoms with van der Waals surface area (Å²) in [5.41, 5.74) is 1.58. The Morgan fingerprint density at radius 2 is 1.58 bits per heavy atom. The fraction of sp³-hybridized carbons (Fsp3) is 0.415. The number of methoxy groups -OCH3 is 1. The van der Waals surface area contributed by atoms with Crippen molar-refractivity contribution < 1.29 is 42.2 Å². The van der Waals surface area contributed by atoms with Gasteiger partial charge in [-0.3, -0.25) is 39.2 Å². The van der Waals surface area contributed by atoms with Gasteiger partial charge in [0.2, 0.25) is 23.6 Å². The van der Waals surface area contributed by atoms with E-state index in [0.717, 1.165) is 57.5 Å². The van der Waals surface area contributed by atoms with Crippen molar-refractivity contribution in [2.75, 3.05) is 73.8 Å². The van der Waals surface area contributed by atoms with E-state index in [2.05, 4.69) is 45.9 Å². The van der Waals surface area contributed by atoms with Gasteiger partial charge in [-0.05, 0) is 130 Å². The molecule has 3 atom stereocenters. The number of carbonyl (C=O) groups is 5. The number of halogens is 2. The van der Waals surface area contributed by atoms with Crippen molar-refractivity contribution in [2.24, 2.45) is 11.3 Å². The zero-order valence-corrected chi connectivity index (χ0v) is 39.9. The van der Waals surface area contributed by atoms with E-state index in [4.69, 9.17) is 9.47 Å². The van der Waals surface area contributed by atoms with Crippen LogP contribution in [0, 0.1) is 23.0 Å². The normalized spacial score (nSPS) is 21.7. The molecule has 0 spiro atoms. The average Bonchev–Trinajstić information content (AvgIpc) is 4.15. The van der Waals surface area contributed by atoms with E-state index in [9.17, 15) is 28.4 Å². The molecule has 1 aliphatic carbocycles. The molecule has 2 bridgehead atoms.